The maximum Gasteiger partial charge on any atom is 0.419 e. The third kappa shape index (κ3) is 2.34. The molecule has 0 aliphatic heterocycles. The van der Waals surface area contributed by atoms with Gasteiger partial charge in [-0.2, -0.15) is 0 Å². The number of hydrogen-bond donors (Lipinski definition) is 0. The summed E-state index contributed by atoms with van der Waals surface area (Å²) in [5, 5.41) is 0. The molecule has 0 bridgehead atoms. The van der Waals surface area contributed by atoms with Gasteiger partial charge in [-0.1, -0.05) is 0 Å². The number of nitrogens with zero attached hydrogens (tertiary/aromatic N) is 2. The monoisotopic (exact) mass is 172 g/mol. The summed E-state index contributed by atoms with van der Waals surface area (Å²) >= 11 is 0. The van der Waals surface area contributed by atoms with Crippen LogP contribution in [0.3, 0.4) is 0 Å². The molecule has 0 fully saturated rings. The van der Waals surface area contributed by atoms with Crippen LogP contribution in [0.5, 0.6) is 0 Å². The maximum atomic E-state index is 11.6. The Morgan fingerprint density at radius 3 is 3.08 bits per heavy atom. The van der Waals surface area contributed by atoms with Gasteiger partial charge in [-0.25, -0.2) is 14.3 Å². The van der Waals surface area contributed by atoms with Crippen molar-refractivity contribution < 1.29 is 13.9 Å². The summed E-state index contributed by atoms with van der Waals surface area (Å²) in [5.41, 5.74) is 0. The number of hydrogen-bond acceptors (Lipinski definition) is 3. The second kappa shape index (κ2) is 4.48. The molecule has 5 heteroatoms. The molecular formula is C7H9FN2O2. The summed E-state index contributed by atoms with van der Waals surface area (Å²) in [4.78, 5) is 14.6. The topological polar surface area (TPSA) is 44.1 Å². The first-order valence-electron chi connectivity index (χ1n) is 3.55. The summed E-state index contributed by atoms with van der Waals surface area (Å²) in [6.07, 6.45) is 3.98. The summed E-state index contributed by atoms with van der Waals surface area (Å²) in [6, 6.07) is 0. The zero-order valence-electron chi connectivity index (χ0n) is 6.44. The fourth-order valence-electron chi connectivity index (χ4n) is 0.656. The Bertz CT molecular complexity index is 236. The Morgan fingerprint density at radius 2 is 2.50 bits per heavy atom. The second-order valence-electron chi connectivity index (χ2n) is 2.13. The van der Waals surface area contributed by atoms with Crippen molar-refractivity contribution in [1.29, 1.82) is 0 Å². The molecule has 1 rings (SSSR count). The lowest BCUT2D eigenvalue weighted by molar-refractivity contribution is 0.143. The van der Waals surface area contributed by atoms with Crippen LogP contribution in [-0.4, -0.2) is 28.9 Å². The van der Waals surface area contributed by atoms with E-state index in [1.807, 2.05) is 0 Å². The number of rotatable bonds is 3. The van der Waals surface area contributed by atoms with Gasteiger partial charge in [0.15, 0.2) is 0 Å². The van der Waals surface area contributed by atoms with Gasteiger partial charge in [0.25, 0.3) is 0 Å². The van der Waals surface area contributed by atoms with Crippen molar-refractivity contribution in [3.63, 3.8) is 0 Å². The van der Waals surface area contributed by atoms with Crippen LogP contribution in [0.1, 0.15) is 6.42 Å². The molecule has 1 heterocycles. The van der Waals surface area contributed by atoms with E-state index in [-0.39, 0.29) is 13.0 Å². The molecule has 0 radical (unpaired) electrons. The van der Waals surface area contributed by atoms with E-state index in [1.54, 1.807) is 0 Å². The van der Waals surface area contributed by atoms with Crippen LogP contribution in [0.4, 0.5) is 9.18 Å². The van der Waals surface area contributed by atoms with Gasteiger partial charge in [-0.05, 0) is 0 Å². The second-order valence-corrected chi connectivity index (χ2v) is 2.13. The molecule has 0 saturated carbocycles. The van der Waals surface area contributed by atoms with E-state index >= 15 is 0 Å². The van der Waals surface area contributed by atoms with Crippen LogP contribution < -0.4 is 0 Å². The lowest BCUT2D eigenvalue weighted by Crippen LogP contribution is -2.12. The highest BCUT2D eigenvalue weighted by Crippen LogP contribution is 1.91. The zero-order valence-corrected chi connectivity index (χ0v) is 6.44. The SMILES string of the molecule is O=C(OCCCF)n1ccnc1. The Balaban J connectivity index is 2.30. The van der Waals surface area contributed by atoms with Gasteiger partial charge in [0.05, 0.1) is 13.3 Å². The number of carbonyl (C=O) groups excluding carboxylic acids is 1. The third-order valence-corrected chi connectivity index (χ3v) is 1.22. The lowest BCUT2D eigenvalue weighted by Gasteiger charge is -2.01. The maximum absolute atomic E-state index is 11.6. The van der Waals surface area contributed by atoms with Crippen molar-refractivity contribution in [2.45, 2.75) is 6.42 Å². The molecule has 0 atom stereocenters. The Morgan fingerprint density at radius 1 is 1.67 bits per heavy atom. The van der Waals surface area contributed by atoms with Crippen molar-refractivity contribution in [2.75, 3.05) is 13.3 Å². The first-order valence-corrected chi connectivity index (χ1v) is 3.55. The van der Waals surface area contributed by atoms with Crippen LogP contribution in [0.15, 0.2) is 18.7 Å². The molecule has 4 nitrogen and oxygen atoms in total. The number of aromatic nitrogens is 2. The van der Waals surface area contributed by atoms with Crippen LogP contribution in [0.2, 0.25) is 0 Å². The van der Waals surface area contributed by atoms with E-state index in [9.17, 15) is 9.18 Å². The van der Waals surface area contributed by atoms with E-state index in [4.69, 9.17) is 0 Å². The average molecular weight is 172 g/mol. The minimum atomic E-state index is -0.527. The number of imidazole rings is 1. The molecule has 0 unspecified atom stereocenters. The van der Waals surface area contributed by atoms with Gasteiger partial charge >= 0.3 is 6.09 Å². The third-order valence-electron chi connectivity index (χ3n) is 1.22. The zero-order chi connectivity index (χ0) is 8.81. The first-order chi connectivity index (χ1) is 5.84. The standard InChI is InChI=1S/C7H9FN2O2/c8-2-1-5-12-7(11)10-4-3-9-6-10/h3-4,6H,1-2,5H2. The van der Waals surface area contributed by atoms with Gasteiger partial charge in [-0.3, -0.25) is 4.39 Å². The van der Waals surface area contributed by atoms with Crippen LogP contribution in [0, 0.1) is 0 Å². The molecule has 0 saturated heterocycles. The van der Waals surface area contributed by atoms with Crippen molar-refractivity contribution in [3.05, 3.63) is 18.7 Å². The average Bonchev–Trinajstić information content (AvgIpc) is 2.56. The van der Waals surface area contributed by atoms with Crippen LogP contribution in [0.25, 0.3) is 0 Å². The van der Waals surface area contributed by atoms with Gasteiger partial charge in [0.1, 0.15) is 6.33 Å². The van der Waals surface area contributed by atoms with Gasteiger partial charge in [0, 0.05) is 18.8 Å². The Labute approximate surface area is 69.0 Å². The summed E-state index contributed by atoms with van der Waals surface area (Å²) in [7, 11) is 0. The number of ether oxygens (including phenoxy) is 1. The van der Waals surface area contributed by atoms with Crippen molar-refractivity contribution in [2.24, 2.45) is 0 Å². The fraction of sp³-hybridized carbons (Fsp3) is 0.429. The normalized spacial score (nSPS) is 9.75. The molecule has 0 aromatic carbocycles. The highest BCUT2D eigenvalue weighted by molar-refractivity contribution is 5.69. The van der Waals surface area contributed by atoms with E-state index < -0.39 is 12.8 Å². The molecule has 0 aliphatic carbocycles. The first kappa shape index (κ1) is 8.70. The van der Waals surface area contributed by atoms with Crippen LogP contribution >= 0.6 is 0 Å². The van der Waals surface area contributed by atoms with E-state index in [1.165, 1.54) is 23.3 Å². The molecule has 0 amide bonds. The molecule has 1 aromatic heterocycles. The highest BCUT2D eigenvalue weighted by atomic mass is 19.1. The molecule has 0 aliphatic rings. The summed E-state index contributed by atoms with van der Waals surface area (Å²) in [6.45, 7) is -0.370. The Kier molecular flexibility index (Phi) is 3.25. The van der Waals surface area contributed by atoms with Gasteiger partial charge in [-0.15, -0.1) is 0 Å². The minimum Gasteiger partial charge on any atom is -0.449 e. The van der Waals surface area contributed by atoms with Crippen molar-refractivity contribution in [3.8, 4) is 0 Å². The predicted molar refractivity (Wildman–Crippen MR) is 39.6 cm³/mol. The lowest BCUT2D eigenvalue weighted by atomic mass is 10.5. The molecule has 66 valence electrons. The number of alkyl halides is 1. The number of halogens is 1. The number of carbonyl (C=O) groups is 1. The molecule has 0 N–H and O–H groups in total. The van der Waals surface area contributed by atoms with Gasteiger partial charge in [0.2, 0.25) is 0 Å². The predicted octanol–water partition coefficient (Wildman–Crippen LogP) is 1.23. The van der Waals surface area contributed by atoms with E-state index in [0.29, 0.717) is 0 Å². The van der Waals surface area contributed by atoms with E-state index in [0.717, 1.165) is 0 Å². The molecule has 1 aromatic rings. The van der Waals surface area contributed by atoms with Crippen LogP contribution in [-0.2, 0) is 4.74 Å². The largest absolute Gasteiger partial charge is 0.449 e. The Hall–Kier alpha value is -1.39. The van der Waals surface area contributed by atoms with Crippen molar-refractivity contribution in [1.82, 2.24) is 9.55 Å². The highest BCUT2D eigenvalue weighted by Gasteiger charge is 2.02. The fourth-order valence-corrected chi connectivity index (χ4v) is 0.656. The molecular weight excluding hydrogens is 163 g/mol. The van der Waals surface area contributed by atoms with Gasteiger partial charge < -0.3 is 4.74 Å². The molecule has 12 heavy (non-hydrogen) atoms. The minimum absolute atomic E-state index is 0.105. The quantitative estimate of drug-likeness (QED) is 0.644. The van der Waals surface area contributed by atoms with Crippen molar-refractivity contribution >= 4 is 6.09 Å². The molecule has 0 spiro atoms. The summed E-state index contributed by atoms with van der Waals surface area (Å²) in [5.74, 6) is 0. The summed E-state index contributed by atoms with van der Waals surface area (Å²) < 4.78 is 17.4. The van der Waals surface area contributed by atoms with E-state index in [2.05, 4.69) is 9.72 Å². The smallest absolute Gasteiger partial charge is 0.419 e.